The fourth-order valence-electron chi connectivity index (χ4n) is 1.87. The van der Waals surface area contributed by atoms with Gasteiger partial charge >= 0.3 is 0 Å². The van der Waals surface area contributed by atoms with E-state index in [2.05, 4.69) is 36.8 Å². The van der Waals surface area contributed by atoms with Crippen LogP contribution in [0.15, 0.2) is 63.7 Å². The number of nitrogens with one attached hydrogen (secondary N) is 2. The number of aromatic nitrogens is 2. The third kappa shape index (κ3) is 4.17. The number of hydrogen-bond donors (Lipinski definition) is 2. The normalized spacial score (nSPS) is 10.3. The van der Waals surface area contributed by atoms with Crippen LogP contribution in [0.3, 0.4) is 0 Å². The van der Waals surface area contributed by atoms with E-state index in [-0.39, 0.29) is 11.6 Å². The molecule has 2 heterocycles. The first kappa shape index (κ1) is 15.2. The highest BCUT2D eigenvalue weighted by Gasteiger charge is 2.08. The second-order valence-electron chi connectivity index (χ2n) is 4.70. The molecule has 23 heavy (non-hydrogen) atoms. The van der Waals surface area contributed by atoms with Crippen LogP contribution in [0.5, 0.6) is 0 Å². The van der Waals surface area contributed by atoms with Crippen LogP contribution in [0, 0.1) is 0 Å². The van der Waals surface area contributed by atoms with Crippen molar-refractivity contribution < 1.29 is 9.21 Å². The molecular weight excluding hydrogens is 360 g/mol. The molecule has 1 aromatic carbocycles. The summed E-state index contributed by atoms with van der Waals surface area (Å²) in [5, 5.41) is 13.8. The van der Waals surface area contributed by atoms with E-state index in [1.807, 2.05) is 24.3 Å². The molecule has 0 unspecified atom stereocenters. The maximum Gasteiger partial charge on any atom is 0.272 e. The number of amides is 1. The highest BCUT2D eigenvalue weighted by molar-refractivity contribution is 9.10. The second kappa shape index (κ2) is 7.06. The highest BCUT2D eigenvalue weighted by Crippen LogP contribution is 2.17. The van der Waals surface area contributed by atoms with Gasteiger partial charge in [-0.25, -0.2) is 0 Å². The van der Waals surface area contributed by atoms with E-state index in [1.165, 1.54) is 0 Å². The van der Waals surface area contributed by atoms with Gasteiger partial charge in [0.05, 0.1) is 12.8 Å². The molecule has 1 amide bonds. The zero-order valence-corrected chi connectivity index (χ0v) is 13.6. The minimum absolute atomic E-state index is 0.248. The van der Waals surface area contributed by atoms with E-state index < -0.39 is 0 Å². The van der Waals surface area contributed by atoms with Crippen LogP contribution in [-0.4, -0.2) is 16.1 Å². The summed E-state index contributed by atoms with van der Waals surface area (Å²) in [6, 6.07) is 14.5. The molecule has 0 aliphatic heterocycles. The molecule has 0 atom stereocenters. The summed E-state index contributed by atoms with van der Waals surface area (Å²) in [7, 11) is 0. The smallest absolute Gasteiger partial charge is 0.272 e. The Kier molecular flexibility index (Phi) is 4.68. The number of carbonyl (C=O) groups is 1. The summed E-state index contributed by atoms with van der Waals surface area (Å²) in [4.78, 5) is 12.0. The lowest BCUT2D eigenvalue weighted by Gasteiger charge is -2.06. The zero-order valence-electron chi connectivity index (χ0n) is 12.0. The Morgan fingerprint density at radius 1 is 1.09 bits per heavy atom. The topological polar surface area (TPSA) is 80.0 Å². The van der Waals surface area contributed by atoms with Crippen LogP contribution in [0.25, 0.3) is 0 Å². The summed E-state index contributed by atoms with van der Waals surface area (Å²) < 4.78 is 6.15. The molecule has 7 heteroatoms. The van der Waals surface area contributed by atoms with Gasteiger partial charge in [0.25, 0.3) is 5.91 Å². The van der Waals surface area contributed by atoms with Gasteiger partial charge in [-0.2, -0.15) is 0 Å². The molecular formula is C16H13BrN4O2. The Bertz CT molecular complexity index is 771. The molecule has 0 aliphatic carbocycles. The molecule has 6 nitrogen and oxygen atoms in total. The Balaban J connectivity index is 1.59. The van der Waals surface area contributed by atoms with Gasteiger partial charge in [-0.3, -0.25) is 4.79 Å². The van der Waals surface area contributed by atoms with Gasteiger partial charge in [0.1, 0.15) is 5.76 Å². The van der Waals surface area contributed by atoms with Crippen LogP contribution >= 0.6 is 15.9 Å². The van der Waals surface area contributed by atoms with Crippen LogP contribution in [0.1, 0.15) is 16.2 Å². The first-order chi connectivity index (χ1) is 11.2. The molecule has 2 N–H and O–H groups in total. The Hall–Kier alpha value is -2.67. The van der Waals surface area contributed by atoms with Gasteiger partial charge in [-0.15, -0.1) is 10.2 Å². The predicted molar refractivity (Wildman–Crippen MR) is 89.3 cm³/mol. The first-order valence-electron chi connectivity index (χ1n) is 6.87. The van der Waals surface area contributed by atoms with E-state index in [1.54, 1.807) is 30.5 Å². The standard InChI is InChI=1S/C16H13BrN4O2/c17-11-3-5-12(6-4-11)19-15-8-7-14(20-21-15)16(22)18-10-13-2-1-9-23-13/h1-9H,10H2,(H,18,22)(H,19,21). The molecule has 0 spiro atoms. The number of halogens is 1. The van der Waals surface area contributed by atoms with E-state index in [0.29, 0.717) is 18.1 Å². The molecule has 0 aliphatic rings. The fraction of sp³-hybridized carbons (Fsp3) is 0.0625. The van der Waals surface area contributed by atoms with Crippen molar-refractivity contribution >= 4 is 33.3 Å². The SMILES string of the molecule is O=C(NCc1ccco1)c1ccc(Nc2ccc(Br)cc2)nn1. The molecule has 0 bridgehead atoms. The fourth-order valence-corrected chi connectivity index (χ4v) is 2.14. The van der Waals surface area contributed by atoms with Crippen molar-refractivity contribution in [2.45, 2.75) is 6.54 Å². The molecule has 0 radical (unpaired) electrons. The van der Waals surface area contributed by atoms with Crippen molar-refractivity contribution in [3.63, 3.8) is 0 Å². The Labute approximate surface area is 141 Å². The van der Waals surface area contributed by atoms with Gasteiger partial charge < -0.3 is 15.1 Å². The summed E-state index contributed by atoms with van der Waals surface area (Å²) in [5.41, 5.74) is 1.13. The summed E-state index contributed by atoms with van der Waals surface area (Å²) in [5.74, 6) is 0.943. The molecule has 2 aromatic heterocycles. The maximum absolute atomic E-state index is 12.0. The number of hydrogen-bond acceptors (Lipinski definition) is 5. The Morgan fingerprint density at radius 3 is 2.57 bits per heavy atom. The van der Waals surface area contributed by atoms with E-state index in [4.69, 9.17) is 4.42 Å². The van der Waals surface area contributed by atoms with Crippen LogP contribution in [0.2, 0.25) is 0 Å². The van der Waals surface area contributed by atoms with Gasteiger partial charge in [-0.1, -0.05) is 15.9 Å². The third-order valence-electron chi connectivity index (χ3n) is 3.02. The molecule has 116 valence electrons. The first-order valence-corrected chi connectivity index (χ1v) is 7.67. The number of carbonyl (C=O) groups excluding carboxylic acids is 1. The van der Waals surface area contributed by atoms with E-state index in [9.17, 15) is 4.79 Å². The second-order valence-corrected chi connectivity index (χ2v) is 5.61. The van der Waals surface area contributed by atoms with Crippen molar-refractivity contribution in [1.82, 2.24) is 15.5 Å². The maximum atomic E-state index is 12.0. The van der Waals surface area contributed by atoms with Crippen LogP contribution < -0.4 is 10.6 Å². The van der Waals surface area contributed by atoms with Crippen LogP contribution in [-0.2, 0) is 6.54 Å². The molecule has 3 rings (SSSR count). The largest absolute Gasteiger partial charge is 0.467 e. The molecule has 0 fully saturated rings. The number of benzene rings is 1. The number of anilines is 2. The summed E-state index contributed by atoms with van der Waals surface area (Å²) in [6.07, 6.45) is 1.56. The third-order valence-corrected chi connectivity index (χ3v) is 3.55. The van der Waals surface area contributed by atoms with Gasteiger partial charge in [-0.05, 0) is 48.5 Å². The van der Waals surface area contributed by atoms with E-state index in [0.717, 1.165) is 10.2 Å². The molecule has 3 aromatic rings. The zero-order chi connectivity index (χ0) is 16.1. The minimum Gasteiger partial charge on any atom is -0.467 e. The van der Waals surface area contributed by atoms with Crippen LogP contribution in [0.4, 0.5) is 11.5 Å². The lowest BCUT2D eigenvalue weighted by molar-refractivity contribution is 0.0942. The average molecular weight is 373 g/mol. The highest BCUT2D eigenvalue weighted by atomic mass is 79.9. The molecule has 0 saturated carbocycles. The number of rotatable bonds is 5. The van der Waals surface area contributed by atoms with E-state index >= 15 is 0 Å². The Morgan fingerprint density at radius 2 is 1.91 bits per heavy atom. The van der Waals surface area contributed by atoms with Gasteiger partial charge in [0, 0.05) is 10.2 Å². The minimum atomic E-state index is -0.302. The lowest BCUT2D eigenvalue weighted by Crippen LogP contribution is -2.23. The summed E-state index contributed by atoms with van der Waals surface area (Å²) in [6.45, 7) is 0.312. The molecule has 0 saturated heterocycles. The lowest BCUT2D eigenvalue weighted by atomic mass is 10.3. The van der Waals surface area contributed by atoms with Crippen molar-refractivity contribution in [1.29, 1.82) is 0 Å². The van der Waals surface area contributed by atoms with Crippen molar-refractivity contribution in [3.05, 3.63) is 70.7 Å². The average Bonchev–Trinajstić information content (AvgIpc) is 3.09. The summed E-state index contributed by atoms with van der Waals surface area (Å²) >= 11 is 3.38. The van der Waals surface area contributed by atoms with Crippen molar-refractivity contribution in [2.75, 3.05) is 5.32 Å². The predicted octanol–water partition coefficient (Wildman–Crippen LogP) is 3.51. The van der Waals surface area contributed by atoms with Gasteiger partial charge in [0.15, 0.2) is 11.5 Å². The monoisotopic (exact) mass is 372 g/mol. The quantitative estimate of drug-likeness (QED) is 0.716. The van der Waals surface area contributed by atoms with Crippen molar-refractivity contribution in [2.24, 2.45) is 0 Å². The number of furan rings is 1. The van der Waals surface area contributed by atoms with Gasteiger partial charge in [0.2, 0.25) is 0 Å². The number of nitrogens with zero attached hydrogens (tertiary/aromatic N) is 2. The van der Waals surface area contributed by atoms with Crippen molar-refractivity contribution in [3.8, 4) is 0 Å².